The summed E-state index contributed by atoms with van der Waals surface area (Å²) in [5, 5.41) is 11.1. The first-order chi connectivity index (χ1) is 8.56. The van der Waals surface area contributed by atoms with Gasteiger partial charge in [0.1, 0.15) is 6.61 Å². The van der Waals surface area contributed by atoms with Crippen molar-refractivity contribution in [2.24, 2.45) is 0 Å². The van der Waals surface area contributed by atoms with Crippen molar-refractivity contribution in [2.45, 2.75) is 0 Å². The van der Waals surface area contributed by atoms with E-state index in [0.29, 0.717) is 23.6 Å². The van der Waals surface area contributed by atoms with Crippen LogP contribution in [0.4, 0.5) is 5.69 Å². The molecule has 0 N–H and O–H groups in total. The van der Waals surface area contributed by atoms with Gasteiger partial charge in [0.2, 0.25) is 5.75 Å². The molecule has 0 bridgehead atoms. The fourth-order valence-corrected chi connectivity index (χ4v) is 2.20. The monoisotopic (exact) mass is 357 g/mol. The van der Waals surface area contributed by atoms with E-state index in [2.05, 4.69) is 15.9 Å². The summed E-state index contributed by atoms with van der Waals surface area (Å²) in [5.74, 6) is 0.531. The Bertz CT molecular complexity index is 431. The van der Waals surface area contributed by atoms with E-state index in [1.165, 1.54) is 12.1 Å². The summed E-state index contributed by atoms with van der Waals surface area (Å²) < 4.78 is 10.8. The van der Waals surface area contributed by atoms with Crippen LogP contribution in [0.1, 0.15) is 0 Å². The van der Waals surface area contributed by atoms with Crippen LogP contribution in [0.2, 0.25) is 5.02 Å². The van der Waals surface area contributed by atoms with Crippen LogP contribution < -0.4 is 4.74 Å². The molecule has 0 saturated heterocycles. The van der Waals surface area contributed by atoms with Gasteiger partial charge in [0.25, 0.3) is 0 Å². The van der Waals surface area contributed by atoms with Crippen LogP contribution >= 0.6 is 39.1 Å². The fraction of sp³-hybridized carbons (Fsp3) is 0.400. The van der Waals surface area contributed by atoms with E-state index in [1.807, 2.05) is 0 Å². The van der Waals surface area contributed by atoms with Gasteiger partial charge in [-0.25, -0.2) is 0 Å². The van der Waals surface area contributed by atoms with Crippen molar-refractivity contribution >= 4 is 44.8 Å². The van der Waals surface area contributed by atoms with Crippen molar-refractivity contribution in [3.63, 3.8) is 0 Å². The van der Waals surface area contributed by atoms with Gasteiger partial charge in [0, 0.05) is 17.0 Å². The Morgan fingerprint density at radius 1 is 1.33 bits per heavy atom. The fourth-order valence-electron chi connectivity index (χ4n) is 1.18. The molecule has 1 aromatic rings. The van der Waals surface area contributed by atoms with Crippen LogP contribution in [-0.4, -0.2) is 30.6 Å². The number of hydrogen-bond donors (Lipinski definition) is 0. The van der Waals surface area contributed by atoms with Gasteiger partial charge >= 0.3 is 5.69 Å². The average Bonchev–Trinajstić information content (AvgIpc) is 2.30. The normalized spacial score (nSPS) is 10.4. The second-order valence-corrected chi connectivity index (χ2v) is 4.81. The van der Waals surface area contributed by atoms with E-state index in [4.69, 9.17) is 32.7 Å². The first-order valence-electron chi connectivity index (χ1n) is 4.96. The molecule has 0 radical (unpaired) electrons. The molecule has 100 valence electrons. The first-order valence-corrected chi connectivity index (χ1v) is 6.66. The molecular formula is C10H10BrCl2NO4. The standard InChI is InChI=1S/C10H10BrCl2NO4/c11-8-5-7(13)6-9(14(15)16)10(8)18-4-3-17-2-1-12/h5-6H,1-4H2. The highest BCUT2D eigenvalue weighted by Gasteiger charge is 2.19. The van der Waals surface area contributed by atoms with Crippen molar-refractivity contribution in [1.82, 2.24) is 0 Å². The van der Waals surface area contributed by atoms with Crippen LogP contribution in [0.15, 0.2) is 16.6 Å². The largest absolute Gasteiger partial charge is 0.484 e. The Hall–Kier alpha value is -0.560. The van der Waals surface area contributed by atoms with Gasteiger partial charge in [0.05, 0.1) is 22.6 Å². The van der Waals surface area contributed by atoms with Crippen molar-refractivity contribution in [3.05, 3.63) is 31.7 Å². The van der Waals surface area contributed by atoms with E-state index in [-0.39, 0.29) is 23.1 Å². The summed E-state index contributed by atoms with van der Waals surface area (Å²) in [6.45, 7) is 0.908. The molecule has 18 heavy (non-hydrogen) atoms. The molecule has 0 aliphatic carbocycles. The molecule has 0 unspecified atom stereocenters. The van der Waals surface area contributed by atoms with E-state index >= 15 is 0 Å². The van der Waals surface area contributed by atoms with Crippen LogP contribution in [0, 0.1) is 10.1 Å². The highest BCUT2D eigenvalue weighted by atomic mass is 79.9. The quantitative estimate of drug-likeness (QED) is 0.323. The molecule has 0 saturated carbocycles. The molecular weight excluding hydrogens is 349 g/mol. The van der Waals surface area contributed by atoms with E-state index in [1.54, 1.807) is 0 Å². The Balaban J connectivity index is 2.71. The third-order valence-electron chi connectivity index (χ3n) is 1.88. The second-order valence-electron chi connectivity index (χ2n) is 3.14. The van der Waals surface area contributed by atoms with Gasteiger partial charge in [-0.15, -0.1) is 11.6 Å². The van der Waals surface area contributed by atoms with Gasteiger partial charge < -0.3 is 9.47 Å². The van der Waals surface area contributed by atoms with Crippen LogP contribution in [0.3, 0.4) is 0 Å². The Kier molecular flexibility index (Phi) is 6.70. The molecule has 0 aliphatic heterocycles. The summed E-state index contributed by atoms with van der Waals surface area (Å²) in [6.07, 6.45) is 0. The number of nitro groups is 1. The minimum absolute atomic E-state index is 0.138. The van der Waals surface area contributed by atoms with Crippen molar-refractivity contribution in [3.8, 4) is 5.75 Å². The lowest BCUT2D eigenvalue weighted by Crippen LogP contribution is -2.09. The summed E-state index contributed by atoms with van der Waals surface area (Å²) in [6, 6.07) is 2.77. The third kappa shape index (κ3) is 4.61. The van der Waals surface area contributed by atoms with Crippen molar-refractivity contribution < 1.29 is 14.4 Å². The molecule has 0 atom stereocenters. The maximum absolute atomic E-state index is 10.9. The van der Waals surface area contributed by atoms with Gasteiger partial charge in [-0.1, -0.05) is 11.6 Å². The number of benzene rings is 1. The molecule has 0 amide bonds. The lowest BCUT2D eigenvalue weighted by molar-refractivity contribution is -0.386. The lowest BCUT2D eigenvalue weighted by Gasteiger charge is -2.09. The predicted octanol–water partition coefficient (Wildman–Crippen LogP) is 3.64. The molecule has 1 rings (SSSR count). The Labute approximate surface area is 122 Å². The lowest BCUT2D eigenvalue weighted by atomic mass is 10.3. The highest BCUT2D eigenvalue weighted by Crippen LogP contribution is 2.37. The Morgan fingerprint density at radius 2 is 2.06 bits per heavy atom. The molecule has 1 aromatic carbocycles. The summed E-state index contributed by atoms with van der Waals surface area (Å²) in [7, 11) is 0. The zero-order chi connectivity index (χ0) is 13.5. The van der Waals surface area contributed by atoms with E-state index < -0.39 is 4.92 Å². The average molecular weight is 359 g/mol. The minimum Gasteiger partial charge on any atom is -0.484 e. The summed E-state index contributed by atoms with van der Waals surface area (Å²) in [5.41, 5.74) is -0.188. The molecule has 0 aromatic heterocycles. The molecule has 0 spiro atoms. The number of halogens is 3. The van der Waals surface area contributed by atoms with E-state index in [9.17, 15) is 10.1 Å². The number of alkyl halides is 1. The number of nitro benzene ring substituents is 1. The van der Waals surface area contributed by atoms with Gasteiger partial charge in [-0.2, -0.15) is 0 Å². The molecule has 0 aliphatic rings. The first kappa shape index (κ1) is 15.5. The van der Waals surface area contributed by atoms with Gasteiger partial charge in [0.15, 0.2) is 0 Å². The number of ether oxygens (including phenoxy) is 2. The SMILES string of the molecule is O=[N+]([O-])c1cc(Cl)cc(Br)c1OCCOCCCl. The van der Waals surface area contributed by atoms with Crippen molar-refractivity contribution in [1.29, 1.82) is 0 Å². The maximum Gasteiger partial charge on any atom is 0.313 e. The number of rotatable bonds is 7. The van der Waals surface area contributed by atoms with Crippen molar-refractivity contribution in [2.75, 3.05) is 25.7 Å². The zero-order valence-corrected chi connectivity index (χ0v) is 12.3. The van der Waals surface area contributed by atoms with Gasteiger partial charge in [-0.3, -0.25) is 10.1 Å². The molecule has 0 heterocycles. The van der Waals surface area contributed by atoms with Crippen LogP contribution in [0.25, 0.3) is 0 Å². The second kappa shape index (κ2) is 7.78. The summed E-state index contributed by atoms with van der Waals surface area (Å²) in [4.78, 5) is 10.3. The summed E-state index contributed by atoms with van der Waals surface area (Å²) >= 11 is 14.3. The molecule has 5 nitrogen and oxygen atoms in total. The Morgan fingerprint density at radius 3 is 2.67 bits per heavy atom. The number of hydrogen-bond acceptors (Lipinski definition) is 4. The van der Waals surface area contributed by atoms with Gasteiger partial charge in [-0.05, 0) is 22.0 Å². The maximum atomic E-state index is 10.9. The van der Waals surface area contributed by atoms with E-state index in [0.717, 1.165) is 0 Å². The van der Waals surface area contributed by atoms with Crippen LogP contribution in [0.5, 0.6) is 5.75 Å². The smallest absolute Gasteiger partial charge is 0.313 e. The zero-order valence-electron chi connectivity index (χ0n) is 9.20. The number of nitrogens with zero attached hydrogens (tertiary/aromatic N) is 1. The highest BCUT2D eigenvalue weighted by molar-refractivity contribution is 9.10. The predicted molar refractivity (Wildman–Crippen MR) is 72.8 cm³/mol. The molecule has 8 heteroatoms. The van der Waals surface area contributed by atoms with Crippen LogP contribution in [-0.2, 0) is 4.74 Å². The molecule has 0 fully saturated rings. The topological polar surface area (TPSA) is 61.6 Å². The minimum atomic E-state index is -0.550. The third-order valence-corrected chi connectivity index (χ3v) is 2.84.